The number of benzene rings is 2. The molecule has 0 spiro atoms. The second kappa shape index (κ2) is 7.47. The summed E-state index contributed by atoms with van der Waals surface area (Å²) < 4.78 is 25.5. The van der Waals surface area contributed by atoms with E-state index in [-0.39, 0.29) is 17.7 Å². The summed E-state index contributed by atoms with van der Waals surface area (Å²) in [5.74, 6) is -0.169. The first kappa shape index (κ1) is 19.0. The number of sulfonamides is 1. The highest BCUT2D eigenvalue weighted by molar-refractivity contribution is 7.93. The molecule has 0 aliphatic carbocycles. The number of anilines is 1. The largest absolute Gasteiger partial charge is 0.345 e. The third kappa shape index (κ3) is 3.98. The van der Waals surface area contributed by atoms with Crippen molar-refractivity contribution in [3.63, 3.8) is 0 Å². The van der Waals surface area contributed by atoms with Gasteiger partial charge in [-0.05, 0) is 49.2 Å². The molecule has 1 fully saturated rings. The van der Waals surface area contributed by atoms with E-state index in [1.165, 1.54) is 4.31 Å². The number of amides is 1. The lowest BCUT2D eigenvalue weighted by molar-refractivity contribution is 0.0940. The molecule has 1 unspecified atom stereocenters. The molecule has 8 heteroatoms. The normalized spacial score (nSPS) is 17.1. The summed E-state index contributed by atoms with van der Waals surface area (Å²) in [4.78, 5) is 12.6. The topological polar surface area (TPSA) is 66.5 Å². The molecule has 5 nitrogen and oxygen atoms in total. The lowest BCUT2D eigenvalue weighted by Crippen LogP contribution is -2.28. The summed E-state index contributed by atoms with van der Waals surface area (Å²) in [5, 5.41) is 3.88. The fraction of sp³-hybridized carbons (Fsp3) is 0.278. The molecule has 138 valence electrons. The number of carbonyl (C=O) groups excluding carboxylic acids is 1. The van der Waals surface area contributed by atoms with Gasteiger partial charge in [-0.3, -0.25) is 9.10 Å². The van der Waals surface area contributed by atoms with Gasteiger partial charge in [0.15, 0.2) is 0 Å². The molecule has 0 saturated carbocycles. The predicted octanol–water partition coefficient (Wildman–Crippen LogP) is 4.02. The van der Waals surface area contributed by atoms with E-state index in [9.17, 15) is 13.2 Å². The maximum absolute atomic E-state index is 12.6. The number of halogens is 2. The molecule has 3 rings (SSSR count). The van der Waals surface area contributed by atoms with Crippen LogP contribution in [0.1, 0.15) is 35.3 Å². The van der Waals surface area contributed by atoms with Crippen molar-refractivity contribution in [1.29, 1.82) is 0 Å². The zero-order chi connectivity index (χ0) is 18.9. The molecular weight excluding hydrogens is 395 g/mol. The SMILES string of the molecule is CC(NC(=O)c1cccc(N2CCCS2(=O)=O)c1)c1ccc(Cl)cc1Cl. The Kier molecular flexibility index (Phi) is 5.46. The van der Waals surface area contributed by atoms with Gasteiger partial charge in [0.25, 0.3) is 5.91 Å². The Bertz CT molecular complexity index is 947. The molecule has 0 aromatic heterocycles. The zero-order valence-corrected chi connectivity index (χ0v) is 16.4. The molecule has 1 N–H and O–H groups in total. The van der Waals surface area contributed by atoms with Gasteiger partial charge in [-0.1, -0.05) is 35.3 Å². The van der Waals surface area contributed by atoms with Gasteiger partial charge in [-0.2, -0.15) is 0 Å². The molecule has 2 aromatic carbocycles. The first-order valence-corrected chi connectivity index (χ1v) is 10.5. The summed E-state index contributed by atoms with van der Waals surface area (Å²) in [5.41, 5.74) is 1.65. The Balaban J connectivity index is 1.79. The Hall–Kier alpha value is -1.76. The van der Waals surface area contributed by atoms with Crippen LogP contribution in [-0.2, 0) is 10.0 Å². The van der Waals surface area contributed by atoms with Gasteiger partial charge in [-0.15, -0.1) is 0 Å². The van der Waals surface area contributed by atoms with E-state index in [0.29, 0.717) is 34.3 Å². The van der Waals surface area contributed by atoms with Crippen molar-refractivity contribution < 1.29 is 13.2 Å². The van der Waals surface area contributed by atoms with Crippen LogP contribution in [0.2, 0.25) is 10.0 Å². The second-order valence-corrected chi connectivity index (χ2v) is 9.01. The van der Waals surface area contributed by atoms with Crippen LogP contribution >= 0.6 is 23.2 Å². The number of rotatable bonds is 4. The molecular formula is C18H18Cl2N2O3S. The van der Waals surface area contributed by atoms with E-state index in [1.807, 2.05) is 6.92 Å². The van der Waals surface area contributed by atoms with Gasteiger partial charge in [-0.25, -0.2) is 8.42 Å². The molecule has 26 heavy (non-hydrogen) atoms. The Morgan fingerprint density at radius 3 is 2.62 bits per heavy atom. The van der Waals surface area contributed by atoms with Gasteiger partial charge in [0.05, 0.1) is 17.5 Å². The quantitative estimate of drug-likeness (QED) is 0.823. The van der Waals surface area contributed by atoms with Crippen molar-refractivity contribution in [2.24, 2.45) is 0 Å². The van der Waals surface area contributed by atoms with Crippen LogP contribution in [0, 0.1) is 0 Å². The summed E-state index contributed by atoms with van der Waals surface area (Å²) >= 11 is 12.1. The number of nitrogens with zero attached hydrogens (tertiary/aromatic N) is 1. The van der Waals surface area contributed by atoms with Crippen LogP contribution in [0.5, 0.6) is 0 Å². The molecule has 1 amide bonds. The van der Waals surface area contributed by atoms with E-state index in [2.05, 4.69) is 5.32 Å². The summed E-state index contributed by atoms with van der Waals surface area (Å²) in [6.45, 7) is 2.26. The first-order valence-electron chi connectivity index (χ1n) is 8.14. The van der Waals surface area contributed by atoms with Crippen molar-refractivity contribution in [2.75, 3.05) is 16.6 Å². The maximum atomic E-state index is 12.6. The summed E-state index contributed by atoms with van der Waals surface area (Å²) in [6, 6.07) is 11.4. The smallest absolute Gasteiger partial charge is 0.251 e. The van der Waals surface area contributed by atoms with Crippen LogP contribution in [0.4, 0.5) is 5.69 Å². The van der Waals surface area contributed by atoms with E-state index in [0.717, 1.165) is 5.56 Å². The van der Waals surface area contributed by atoms with Crippen LogP contribution in [-0.4, -0.2) is 26.6 Å². The van der Waals surface area contributed by atoms with Gasteiger partial charge < -0.3 is 5.32 Å². The Morgan fingerprint density at radius 1 is 1.19 bits per heavy atom. The lowest BCUT2D eigenvalue weighted by Gasteiger charge is -2.19. The number of hydrogen-bond acceptors (Lipinski definition) is 3. The summed E-state index contributed by atoms with van der Waals surface area (Å²) in [7, 11) is -3.29. The van der Waals surface area contributed by atoms with Gasteiger partial charge in [0.2, 0.25) is 10.0 Å². The molecule has 1 aliphatic rings. The van der Waals surface area contributed by atoms with Crippen molar-refractivity contribution in [1.82, 2.24) is 5.32 Å². The third-order valence-corrected chi connectivity index (χ3v) is 6.70. The fourth-order valence-corrected chi connectivity index (χ4v) is 5.07. The monoisotopic (exact) mass is 412 g/mol. The van der Waals surface area contributed by atoms with Crippen LogP contribution < -0.4 is 9.62 Å². The fourth-order valence-electron chi connectivity index (χ4n) is 2.94. The molecule has 1 atom stereocenters. The predicted molar refractivity (Wildman–Crippen MR) is 105 cm³/mol. The molecule has 1 saturated heterocycles. The van der Waals surface area contributed by atoms with E-state index < -0.39 is 10.0 Å². The average Bonchev–Trinajstić information content (AvgIpc) is 2.94. The summed E-state index contributed by atoms with van der Waals surface area (Å²) in [6.07, 6.45) is 0.588. The number of carbonyl (C=O) groups is 1. The second-order valence-electron chi connectivity index (χ2n) is 6.15. The number of hydrogen-bond donors (Lipinski definition) is 1. The average molecular weight is 413 g/mol. The molecule has 2 aromatic rings. The van der Waals surface area contributed by atoms with E-state index >= 15 is 0 Å². The minimum absolute atomic E-state index is 0.134. The van der Waals surface area contributed by atoms with Crippen molar-refractivity contribution in [3.8, 4) is 0 Å². The first-order chi connectivity index (χ1) is 12.3. The zero-order valence-electron chi connectivity index (χ0n) is 14.1. The Labute approximate surface area is 163 Å². The van der Waals surface area contributed by atoms with Gasteiger partial charge >= 0.3 is 0 Å². The van der Waals surface area contributed by atoms with Crippen molar-refractivity contribution >= 4 is 44.8 Å². The molecule has 1 aliphatic heterocycles. The minimum Gasteiger partial charge on any atom is -0.345 e. The molecule has 1 heterocycles. The van der Waals surface area contributed by atoms with E-state index in [1.54, 1.807) is 42.5 Å². The highest BCUT2D eigenvalue weighted by Crippen LogP contribution is 2.27. The van der Waals surface area contributed by atoms with Gasteiger partial charge in [0.1, 0.15) is 0 Å². The third-order valence-electron chi connectivity index (χ3n) is 4.27. The minimum atomic E-state index is -3.29. The van der Waals surface area contributed by atoms with Crippen LogP contribution in [0.15, 0.2) is 42.5 Å². The van der Waals surface area contributed by atoms with Crippen LogP contribution in [0.25, 0.3) is 0 Å². The maximum Gasteiger partial charge on any atom is 0.251 e. The Morgan fingerprint density at radius 2 is 1.96 bits per heavy atom. The van der Waals surface area contributed by atoms with E-state index in [4.69, 9.17) is 23.2 Å². The van der Waals surface area contributed by atoms with Crippen molar-refractivity contribution in [2.45, 2.75) is 19.4 Å². The van der Waals surface area contributed by atoms with Crippen LogP contribution in [0.3, 0.4) is 0 Å². The standard InChI is InChI=1S/C18H18Cl2N2O3S/c1-12(16-7-6-14(19)11-17(16)20)21-18(23)13-4-2-5-15(10-13)22-8-3-9-26(22,24)25/h2,4-7,10-12H,3,8-9H2,1H3,(H,21,23). The highest BCUT2D eigenvalue weighted by Gasteiger charge is 2.28. The lowest BCUT2D eigenvalue weighted by atomic mass is 10.1. The van der Waals surface area contributed by atoms with Gasteiger partial charge in [0, 0.05) is 22.2 Å². The molecule has 0 radical (unpaired) electrons. The van der Waals surface area contributed by atoms with Crippen molar-refractivity contribution in [3.05, 3.63) is 63.6 Å². The number of nitrogens with one attached hydrogen (secondary N) is 1. The highest BCUT2D eigenvalue weighted by atomic mass is 35.5. The molecule has 0 bridgehead atoms.